The predicted octanol–water partition coefficient (Wildman–Crippen LogP) is 3.62. The number of nitrogens with one attached hydrogen (secondary N) is 1. The normalized spacial score (nSPS) is 18.2. The lowest BCUT2D eigenvalue weighted by molar-refractivity contribution is 0.426. The average Bonchev–Trinajstić information content (AvgIpc) is 2.36. The molecule has 0 heterocycles. The lowest BCUT2D eigenvalue weighted by Gasteiger charge is -2.21. The molecular weight excluding hydrogens is 308 g/mol. The molecule has 1 aromatic rings. The summed E-state index contributed by atoms with van der Waals surface area (Å²) in [4.78, 5) is 0.189. The summed E-state index contributed by atoms with van der Waals surface area (Å²) in [5.74, 6) is 0. The molecule has 1 aliphatic rings. The summed E-state index contributed by atoms with van der Waals surface area (Å²) < 4.78 is 28.0. The average molecular weight is 331 g/mol. The van der Waals surface area contributed by atoms with E-state index in [9.17, 15) is 8.42 Å². The second-order valence-electron chi connectivity index (χ2n) is 5.78. The highest BCUT2D eigenvalue weighted by Gasteiger charge is 2.23. The maximum Gasteiger partial charge on any atom is 0.241 e. The van der Waals surface area contributed by atoms with E-state index >= 15 is 0 Å². The van der Waals surface area contributed by atoms with Gasteiger partial charge in [-0.25, -0.2) is 13.1 Å². The second-order valence-corrected chi connectivity index (χ2v) is 7.90. The van der Waals surface area contributed by atoms with Crippen LogP contribution in [0.1, 0.15) is 50.5 Å². The van der Waals surface area contributed by atoms with Crippen LogP contribution in [0.3, 0.4) is 0 Å². The van der Waals surface area contributed by atoms with E-state index in [2.05, 4.69) is 4.72 Å². The summed E-state index contributed by atoms with van der Waals surface area (Å²) in [6.45, 7) is 1.71. The van der Waals surface area contributed by atoms with Crippen LogP contribution >= 0.6 is 11.6 Å². The van der Waals surface area contributed by atoms with Gasteiger partial charge in [-0.3, -0.25) is 0 Å². The highest BCUT2D eigenvalue weighted by atomic mass is 35.5. The fourth-order valence-corrected chi connectivity index (χ4v) is 4.71. The lowest BCUT2D eigenvalue weighted by atomic mass is 9.97. The lowest BCUT2D eigenvalue weighted by Crippen LogP contribution is -2.35. The molecule has 0 unspecified atom stereocenters. The Morgan fingerprint density at radius 3 is 2.33 bits per heavy atom. The molecule has 0 aromatic heterocycles. The Bertz CT molecular complexity index is 594. The number of nitrogens with two attached hydrogens (primary N) is 1. The van der Waals surface area contributed by atoms with Gasteiger partial charge in [0.05, 0.1) is 4.90 Å². The minimum absolute atomic E-state index is 0.00917. The van der Waals surface area contributed by atoms with E-state index < -0.39 is 10.0 Å². The summed E-state index contributed by atoms with van der Waals surface area (Å²) in [6, 6.07) is 3.06. The molecule has 1 aromatic carbocycles. The highest BCUT2D eigenvalue weighted by Crippen LogP contribution is 2.27. The molecule has 21 heavy (non-hydrogen) atoms. The summed E-state index contributed by atoms with van der Waals surface area (Å²) in [6.07, 6.45) is 7.56. The molecule has 1 saturated carbocycles. The fraction of sp³-hybridized carbons (Fsp3) is 0.600. The predicted molar refractivity (Wildman–Crippen MR) is 87.0 cm³/mol. The van der Waals surface area contributed by atoms with Crippen molar-refractivity contribution < 1.29 is 8.42 Å². The minimum atomic E-state index is -3.58. The molecular formula is C15H23ClN2O2S. The summed E-state index contributed by atoms with van der Waals surface area (Å²) in [5, 5.41) is 0.344. The maximum absolute atomic E-state index is 12.6. The van der Waals surface area contributed by atoms with E-state index in [1.165, 1.54) is 25.3 Å². The number of nitrogen functional groups attached to an aromatic ring is 1. The molecule has 0 amide bonds. The molecule has 0 atom stereocenters. The molecule has 1 aliphatic carbocycles. The van der Waals surface area contributed by atoms with Crippen molar-refractivity contribution in [1.82, 2.24) is 4.72 Å². The van der Waals surface area contributed by atoms with Crippen LogP contribution in [0.2, 0.25) is 5.02 Å². The van der Waals surface area contributed by atoms with Gasteiger partial charge >= 0.3 is 0 Å². The third-order valence-corrected chi connectivity index (χ3v) is 5.95. The summed E-state index contributed by atoms with van der Waals surface area (Å²) >= 11 is 5.95. The highest BCUT2D eigenvalue weighted by molar-refractivity contribution is 7.89. The van der Waals surface area contributed by atoms with Gasteiger partial charge < -0.3 is 5.73 Å². The smallest absolute Gasteiger partial charge is 0.241 e. The largest absolute Gasteiger partial charge is 0.398 e. The van der Waals surface area contributed by atoms with E-state index in [1.54, 1.807) is 13.0 Å². The first kappa shape index (κ1) is 16.6. The molecule has 0 bridgehead atoms. The van der Waals surface area contributed by atoms with E-state index in [0.717, 1.165) is 25.7 Å². The van der Waals surface area contributed by atoms with Gasteiger partial charge in [-0.2, -0.15) is 0 Å². The number of anilines is 1. The van der Waals surface area contributed by atoms with Crippen molar-refractivity contribution in [3.63, 3.8) is 0 Å². The summed E-state index contributed by atoms with van der Waals surface area (Å²) in [7, 11) is -3.58. The van der Waals surface area contributed by atoms with E-state index in [0.29, 0.717) is 16.3 Å². The number of rotatable bonds is 3. The third-order valence-electron chi connectivity index (χ3n) is 4.08. The van der Waals surface area contributed by atoms with Gasteiger partial charge in [-0.15, -0.1) is 0 Å². The molecule has 0 radical (unpaired) electrons. The van der Waals surface area contributed by atoms with Crippen LogP contribution in [0.15, 0.2) is 17.0 Å². The molecule has 6 heteroatoms. The minimum Gasteiger partial charge on any atom is -0.398 e. The van der Waals surface area contributed by atoms with Crippen LogP contribution in [-0.4, -0.2) is 14.5 Å². The van der Waals surface area contributed by atoms with E-state index in [1.807, 2.05) is 0 Å². The molecule has 1 fully saturated rings. The Morgan fingerprint density at radius 1 is 1.14 bits per heavy atom. The van der Waals surface area contributed by atoms with Gasteiger partial charge in [0.1, 0.15) is 0 Å². The van der Waals surface area contributed by atoms with Gasteiger partial charge in [0.15, 0.2) is 0 Å². The van der Waals surface area contributed by atoms with Crippen LogP contribution in [-0.2, 0) is 10.0 Å². The Kier molecular flexibility index (Phi) is 5.52. The van der Waals surface area contributed by atoms with Gasteiger partial charge in [0.25, 0.3) is 0 Å². The van der Waals surface area contributed by atoms with Crippen molar-refractivity contribution in [1.29, 1.82) is 0 Å². The van der Waals surface area contributed by atoms with Gasteiger partial charge in [-0.05, 0) is 37.5 Å². The van der Waals surface area contributed by atoms with Crippen LogP contribution < -0.4 is 10.5 Å². The van der Waals surface area contributed by atoms with Gasteiger partial charge in [-0.1, -0.05) is 43.7 Å². The van der Waals surface area contributed by atoms with Crippen LogP contribution in [0.25, 0.3) is 0 Å². The fourth-order valence-electron chi connectivity index (χ4n) is 2.81. The topological polar surface area (TPSA) is 72.2 Å². The summed E-state index contributed by atoms with van der Waals surface area (Å²) in [5.41, 5.74) is 6.78. The molecule has 4 nitrogen and oxygen atoms in total. The molecule has 0 aliphatic heterocycles. The zero-order valence-corrected chi connectivity index (χ0v) is 13.9. The van der Waals surface area contributed by atoms with E-state index in [4.69, 9.17) is 17.3 Å². The van der Waals surface area contributed by atoms with Crippen molar-refractivity contribution >= 4 is 27.3 Å². The van der Waals surface area contributed by atoms with Gasteiger partial charge in [0.2, 0.25) is 10.0 Å². The first-order valence-corrected chi connectivity index (χ1v) is 9.34. The third kappa shape index (κ3) is 4.34. The molecule has 0 saturated heterocycles. The second kappa shape index (κ2) is 6.99. The number of hydrogen-bond donors (Lipinski definition) is 2. The van der Waals surface area contributed by atoms with Crippen LogP contribution in [0, 0.1) is 6.92 Å². The Morgan fingerprint density at radius 2 is 1.71 bits per heavy atom. The number of halogens is 1. The van der Waals surface area contributed by atoms with Crippen molar-refractivity contribution in [3.05, 3.63) is 22.7 Å². The number of hydrogen-bond acceptors (Lipinski definition) is 3. The van der Waals surface area contributed by atoms with Crippen LogP contribution in [0.5, 0.6) is 0 Å². The Labute approximate surface area is 132 Å². The molecule has 0 spiro atoms. The molecule has 3 N–H and O–H groups in total. The Hall–Kier alpha value is -0.780. The first-order chi connectivity index (χ1) is 9.90. The van der Waals surface area contributed by atoms with Crippen molar-refractivity contribution in [2.24, 2.45) is 0 Å². The van der Waals surface area contributed by atoms with E-state index in [-0.39, 0.29) is 10.9 Å². The molecule has 2 rings (SSSR count). The van der Waals surface area contributed by atoms with Crippen LogP contribution in [0.4, 0.5) is 5.69 Å². The monoisotopic (exact) mass is 330 g/mol. The number of benzene rings is 1. The Balaban J connectivity index is 2.21. The first-order valence-electron chi connectivity index (χ1n) is 7.48. The quantitative estimate of drug-likeness (QED) is 0.831. The number of sulfonamides is 1. The van der Waals surface area contributed by atoms with Crippen molar-refractivity contribution in [3.8, 4) is 0 Å². The van der Waals surface area contributed by atoms with Gasteiger partial charge in [0, 0.05) is 16.8 Å². The zero-order chi connectivity index (χ0) is 15.5. The standard InChI is InChI=1S/C15H23ClN2O2S/c1-11-14(17)9-12(16)10-15(11)21(19,20)18-13-7-5-3-2-4-6-8-13/h9-10,13,18H,2-8,17H2,1H3. The molecule has 118 valence electrons. The van der Waals surface area contributed by atoms with Crippen molar-refractivity contribution in [2.45, 2.75) is 62.8 Å². The van der Waals surface area contributed by atoms with Crippen molar-refractivity contribution in [2.75, 3.05) is 5.73 Å². The zero-order valence-electron chi connectivity index (χ0n) is 12.4. The SMILES string of the molecule is Cc1c(N)cc(Cl)cc1S(=O)(=O)NC1CCCCCCC1. The maximum atomic E-state index is 12.6.